The number of nitrogens with zero attached hydrogens (tertiary/aromatic N) is 1. The van der Waals surface area contributed by atoms with Crippen LogP contribution in [0.5, 0.6) is 0 Å². The summed E-state index contributed by atoms with van der Waals surface area (Å²) in [7, 11) is -3.62. The molecule has 3 rings (SSSR count). The van der Waals surface area contributed by atoms with Crippen molar-refractivity contribution in [2.75, 3.05) is 0 Å². The van der Waals surface area contributed by atoms with Gasteiger partial charge in [0.25, 0.3) is 0 Å². The molecule has 3 heterocycles. The summed E-state index contributed by atoms with van der Waals surface area (Å²) in [5.41, 5.74) is 0.752. The van der Waals surface area contributed by atoms with Crippen molar-refractivity contribution in [3.63, 3.8) is 0 Å². The lowest BCUT2D eigenvalue weighted by Gasteiger charge is -2.04. The molecule has 0 unspecified atom stereocenters. The van der Waals surface area contributed by atoms with Crippen LogP contribution in [0.4, 0.5) is 0 Å². The highest BCUT2D eigenvalue weighted by molar-refractivity contribution is 7.89. The van der Waals surface area contributed by atoms with Crippen molar-refractivity contribution in [1.82, 2.24) is 9.88 Å². The van der Waals surface area contributed by atoms with Gasteiger partial charge in [0.05, 0.1) is 22.0 Å². The number of hydrogen-bond acceptors (Lipinski definition) is 6. The molecule has 0 aromatic carbocycles. The molecule has 0 spiro atoms. The molecule has 0 aliphatic rings. The lowest BCUT2D eigenvalue weighted by atomic mass is 10.3. The van der Waals surface area contributed by atoms with E-state index in [1.807, 2.05) is 13.8 Å². The average molecular weight is 352 g/mol. The molecule has 0 atom stereocenters. The number of aryl methyl sites for hydroxylation is 3. The second kappa shape index (κ2) is 5.95. The Hall–Kier alpha value is -1.90. The molecule has 0 aliphatic carbocycles. The van der Waals surface area contributed by atoms with Crippen LogP contribution in [-0.4, -0.2) is 13.6 Å². The Balaban J connectivity index is 1.83. The maximum absolute atomic E-state index is 12.5. The van der Waals surface area contributed by atoms with Crippen LogP contribution in [-0.2, 0) is 16.6 Å². The first-order valence-corrected chi connectivity index (χ1v) is 9.24. The van der Waals surface area contributed by atoms with Gasteiger partial charge >= 0.3 is 0 Å². The number of thiophene rings is 1. The van der Waals surface area contributed by atoms with Crippen LogP contribution in [0.15, 0.2) is 38.1 Å². The number of rotatable bonds is 5. The first-order chi connectivity index (χ1) is 10.8. The molecule has 0 aliphatic heterocycles. The standard InChI is InChI=1S/C15H16N2O4S2/c1-9-6-13(21-17-9)14-7-15(11(3)22-14)23(18,19)16-8-12-5-4-10(2)20-12/h4-7,16H,8H2,1-3H3. The number of sulfonamides is 1. The summed E-state index contributed by atoms with van der Waals surface area (Å²) in [5, 5.41) is 3.83. The van der Waals surface area contributed by atoms with Gasteiger partial charge in [0.2, 0.25) is 10.0 Å². The summed E-state index contributed by atoms with van der Waals surface area (Å²) in [4.78, 5) is 1.67. The van der Waals surface area contributed by atoms with Crippen LogP contribution in [0.25, 0.3) is 10.6 Å². The molecule has 3 aromatic heterocycles. The van der Waals surface area contributed by atoms with Gasteiger partial charge in [0.1, 0.15) is 11.5 Å². The van der Waals surface area contributed by atoms with Crippen LogP contribution in [0.1, 0.15) is 22.1 Å². The van der Waals surface area contributed by atoms with Crippen LogP contribution >= 0.6 is 11.3 Å². The predicted molar refractivity (Wildman–Crippen MR) is 86.8 cm³/mol. The Morgan fingerprint density at radius 2 is 2.00 bits per heavy atom. The first-order valence-electron chi connectivity index (χ1n) is 6.94. The van der Waals surface area contributed by atoms with E-state index in [9.17, 15) is 8.42 Å². The van der Waals surface area contributed by atoms with Crippen LogP contribution in [0.2, 0.25) is 0 Å². The zero-order chi connectivity index (χ0) is 16.6. The molecule has 23 heavy (non-hydrogen) atoms. The second-order valence-electron chi connectivity index (χ2n) is 5.20. The fourth-order valence-corrected chi connectivity index (χ4v) is 4.69. The maximum Gasteiger partial charge on any atom is 0.242 e. The Labute approximate surface area is 138 Å². The van der Waals surface area contributed by atoms with Crippen molar-refractivity contribution in [2.45, 2.75) is 32.2 Å². The molecule has 0 amide bonds. The van der Waals surface area contributed by atoms with Gasteiger partial charge in [0, 0.05) is 10.9 Å². The molecule has 0 bridgehead atoms. The lowest BCUT2D eigenvalue weighted by molar-refractivity contribution is 0.428. The van der Waals surface area contributed by atoms with Crippen LogP contribution < -0.4 is 4.72 Å². The molecule has 8 heteroatoms. The molecule has 122 valence electrons. The van der Waals surface area contributed by atoms with Gasteiger partial charge in [-0.1, -0.05) is 5.16 Å². The number of aromatic nitrogens is 1. The Morgan fingerprint density at radius 3 is 2.61 bits per heavy atom. The summed E-state index contributed by atoms with van der Waals surface area (Å²) in [5.74, 6) is 1.89. The highest BCUT2D eigenvalue weighted by Crippen LogP contribution is 2.33. The summed E-state index contributed by atoms with van der Waals surface area (Å²) in [6.45, 7) is 5.51. The van der Waals surface area contributed by atoms with E-state index >= 15 is 0 Å². The molecular weight excluding hydrogens is 336 g/mol. The topological polar surface area (TPSA) is 85.3 Å². The molecule has 6 nitrogen and oxygen atoms in total. The molecule has 0 fully saturated rings. The predicted octanol–water partition coefficient (Wildman–Crippen LogP) is 3.40. The van der Waals surface area contributed by atoms with Gasteiger partial charge in [-0.05, 0) is 39.0 Å². The van der Waals surface area contributed by atoms with Gasteiger partial charge in [-0.15, -0.1) is 11.3 Å². The molecular formula is C15H16N2O4S2. The van der Waals surface area contributed by atoms with Crippen molar-refractivity contribution >= 4 is 21.4 Å². The highest BCUT2D eigenvalue weighted by Gasteiger charge is 2.22. The normalized spacial score (nSPS) is 12.0. The van der Waals surface area contributed by atoms with E-state index in [0.717, 1.165) is 16.3 Å². The van der Waals surface area contributed by atoms with Crippen molar-refractivity contribution in [3.05, 3.63) is 46.4 Å². The van der Waals surface area contributed by atoms with E-state index in [4.69, 9.17) is 8.94 Å². The van der Waals surface area contributed by atoms with Gasteiger partial charge in [-0.25, -0.2) is 13.1 Å². The third kappa shape index (κ3) is 3.39. The zero-order valence-electron chi connectivity index (χ0n) is 12.9. The zero-order valence-corrected chi connectivity index (χ0v) is 14.5. The average Bonchev–Trinajstić information content (AvgIpc) is 3.17. The molecule has 0 radical (unpaired) electrons. The molecule has 0 saturated heterocycles. The van der Waals surface area contributed by atoms with E-state index in [1.165, 1.54) is 11.3 Å². The minimum absolute atomic E-state index is 0.113. The number of nitrogens with one attached hydrogen (secondary N) is 1. The Kier molecular flexibility index (Phi) is 4.13. The van der Waals surface area contributed by atoms with Gasteiger partial charge < -0.3 is 8.94 Å². The largest absolute Gasteiger partial charge is 0.465 e. The monoisotopic (exact) mass is 352 g/mol. The smallest absolute Gasteiger partial charge is 0.242 e. The Morgan fingerprint density at radius 1 is 1.22 bits per heavy atom. The molecule has 0 saturated carbocycles. The summed E-state index contributed by atoms with van der Waals surface area (Å²) in [6, 6.07) is 6.93. The molecule has 1 N–H and O–H groups in total. The summed E-state index contributed by atoms with van der Waals surface area (Å²) in [6.07, 6.45) is 0. The van der Waals surface area contributed by atoms with E-state index in [2.05, 4.69) is 9.88 Å². The van der Waals surface area contributed by atoms with Crippen LogP contribution in [0.3, 0.4) is 0 Å². The number of furan rings is 1. The van der Waals surface area contributed by atoms with Crippen LogP contribution in [0, 0.1) is 20.8 Å². The second-order valence-corrected chi connectivity index (χ2v) is 8.19. The maximum atomic E-state index is 12.5. The third-order valence-electron chi connectivity index (χ3n) is 3.26. The quantitative estimate of drug-likeness (QED) is 0.760. The minimum atomic E-state index is -3.62. The molecule has 3 aromatic rings. The van der Waals surface area contributed by atoms with Crippen molar-refractivity contribution < 1.29 is 17.4 Å². The van der Waals surface area contributed by atoms with Crippen molar-refractivity contribution in [1.29, 1.82) is 0 Å². The fraction of sp³-hybridized carbons (Fsp3) is 0.267. The minimum Gasteiger partial charge on any atom is -0.465 e. The lowest BCUT2D eigenvalue weighted by Crippen LogP contribution is -2.23. The van der Waals surface area contributed by atoms with E-state index in [1.54, 1.807) is 31.2 Å². The summed E-state index contributed by atoms with van der Waals surface area (Å²) >= 11 is 1.36. The third-order valence-corrected chi connectivity index (χ3v) is 5.99. The van der Waals surface area contributed by atoms with E-state index in [0.29, 0.717) is 16.4 Å². The van der Waals surface area contributed by atoms with Gasteiger partial charge in [-0.2, -0.15) is 0 Å². The van der Waals surface area contributed by atoms with Gasteiger partial charge in [-0.3, -0.25) is 0 Å². The fourth-order valence-electron chi connectivity index (χ4n) is 2.16. The SMILES string of the molecule is Cc1cc(-c2cc(S(=O)(=O)NCc3ccc(C)o3)c(C)s2)on1. The highest BCUT2D eigenvalue weighted by atomic mass is 32.2. The van der Waals surface area contributed by atoms with E-state index < -0.39 is 10.0 Å². The van der Waals surface area contributed by atoms with Crippen molar-refractivity contribution in [2.24, 2.45) is 0 Å². The summed E-state index contributed by atoms with van der Waals surface area (Å²) < 4.78 is 38.1. The van der Waals surface area contributed by atoms with Gasteiger partial charge in [0.15, 0.2) is 5.76 Å². The van der Waals surface area contributed by atoms with Crippen molar-refractivity contribution in [3.8, 4) is 10.6 Å². The Bertz CT molecular complexity index is 934. The first kappa shape index (κ1) is 16.0. The van der Waals surface area contributed by atoms with E-state index in [-0.39, 0.29) is 11.4 Å². The number of hydrogen-bond donors (Lipinski definition) is 1.